The molecule has 0 unspecified atom stereocenters. The first kappa shape index (κ1) is 22.0. The van der Waals surface area contributed by atoms with Crippen LogP contribution >= 0.6 is 11.8 Å². The maximum Gasteiger partial charge on any atom is 0.335 e. The average Bonchev–Trinajstić information content (AvgIpc) is 3.01. The summed E-state index contributed by atoms with van der Waals surface area (Å²) in [5, 5.41) is 16.2. The maximum atomic E-state index is 12.7. The van der Waals surface area contributed by atoms with Gasteiger partial charge in [-0.3, -0.25) is 9.59 Å². The molecule has 0 spiro atoms. The van der Waals surface area contributed by atoms with Crippen molar-refractivity contribution in [2.75, 3.05) is 23.9 Å². The summed E-state index contributed by atoms with van der Waals surface area (Å²) in [6, 6.07) is 13.2. The van der Waals surface area contributed by atoms with Crippen LogP contribution in [0, 0.1) is 0 Å². The van der Waals surface area contributed by atoms with E-state index in [-0.39, 0.29) is 23.1 Å². The lowest BCUT2D eigenvalue weighted by Gasteiger charge is -2.14. The van der Waals surface area contributed by atoms with Crippen molar-refractivity contribution in [1.29, 1.82) is 0 Å². The topological polar surface area (TPSA) is 129 Å². The van der Waals surface area contributed by atoms with Crippen molar-refractivity contribution in [3.63, 3.8) is 0 Å². The molecule has 1 atom stereocenters. The molecule has 2 aromatic carbocycles. The highest BCUT2D eigenvalue weighted by Crippen LogP contribution is 2.30. The number of benzene rings is 2. The zero-order valence-corrected chi connectivity index (χ0v) is 17.7. The second kappa shape index (κ2) is 9.43. The number of nitrogens with two attached hydrogens (primary N) is 1. The van der Waals surface area contributed by atoms with E-state index in [1.165, 1.54) is 24.3 Å². The summed E-state index contributed by atoms with van der Waals surface area (Å²) < 4.78 is 0. The van der Waals surface area contributed by atoms with Crippen LogP contribution in [0.1, 0.15) is 22.3 Å². The van der Waals surface area contributed by atoms with Crippen molar-refractivity contribution in [3.05, 3.63) is 59.7 Å². The Hall–Kier alpha value is -3.66. The van der Waals surface area contributed by atoms with Gasteiger partial charge in [-0.25, -0.2) is 9.69 Å². The van der Waals surface area contributed by atoms with Crippen LogP contribution in [0.15, 0.2) is 58.7 Å². The molecule has 0 bridgehead atoms. The van der Waals surface area contributed by atoms with Crippen molar-refractivity contribution < 1.29 is 19.5 Å². The summed E-state index contributed by atoms with van der Waals surface area (Å²) in [5.74, 6) is -1.90. The number of carbonyl (C=O) groups excluding carboxylic acids is 2. The summed E-state index contributed by atoms with van der Waals surface area (Å²) in [7, 11) is 3.90. The number of hydrogen-bond donors (Lipinski definition) is 2. The molecule has 2 aromatic rings. The van der Waals surface area contributed by atoms with E-state index in [1.54, 1.807) is 6.21 Å². The van der Waals surface area contributed by atoms with Gasteiger partial charge in [0.15, 0.2) is 5.17 Å². The zero-order valence-electron chi connectivity index (χ0n) is 16.9. The summed E-state index contributed by atoms with van der Waals surface area (Å²) in [5.41, 5.74) is 8.16. The number of carboxylic acid groups (broad SMARTS) is 1. The molecule has 0 saturated carbocycles. The fourth-order valence-electron chi connectivity index (χ4n) is 2.90. The van der Waals surface area contributed by atoms with Crippen molar-refractivity contribution in [3.8, 4) is 0 Å². The Bertz CT molecular complexity index is 1050. The molecule has 1 fully saturated rings. The van der Waals surface area contributed by atoms with E-state index in [9.17, 15) is 14.4 Å². The van der Waals surface area contributed by atoms with Gasteiger partial charge in [-0.15, -0.1) is 5.10 Å². The second-order valence-electron chi connectivity index (χ2n) is 6.90. The Morgan fingerprint density at radius 3 is 2.39 bits per heavy atom. The molecule has 31 heavy (non-hydrogen) atoms. The summed E-state index contributed by atoms with van der Waals surface area (Å²) >= 11 is 0.968. The van der Waals surface area contributed by atoms with Crippen LogP contribution in [0.5, 0.6) is 0 Å². The SMILES string of the molecule is CN(C)c1ccc(/C=N\N=C(N)S[C@@H]2CC(=O)N(c3ccc(C(=O)O)cc3)C2=O)cc1. The minimum atomic E-state index is -1.09. The summed E-state index contributed by atoms with van der Waals surface area (Å²) in [4.78, 5) is 39.0. The van der Waals surface area contributed by atoms with E-state index < -0.39 is 17.1 Å². The first-order valence-electron chi connectivity index (χ1n) is 9.27. The van der Waals surface area contributed by atoms with Gasteiger partial charge in [-0.05, 0) is 42.0 Å². The number of carbonyl (C=O) groups is 3. The minimum absolute atomic E-state index is 0.0316. The van der Waals surface area contributed by atoms with Crippen molar-refractivity contribution in [2.24, 2.45) is 15.9 Å². The molecule has 0 aromatic heterocycles. The normalized spacial score (nSPS) is 16.9. The molecule has 3 N–H and O–H groups in total. The molecule has 1 aliphatic heterocycles. The first-order valence-corrected chi connectivity index (χ1v) is 10.1. The molecule has 3 rings (SSSR count). The molecule has 2 amide bonds. The molecular weight excluding hydrogens is 418 g/mol. The fraction of sp³-hybridized carbons (Fsp3) is 0.190. The number of rotatable bonds is 6. The predicted molar refractivity (Wildman–Crippen MR) is 122 cm³/mol. The van der Waals surface area contributed by atoms with Gasteiger partial charge in [-0.1, -0.05) is 23.9 Å². The van der Waals surface area contributed by atoms with E-state index in [0.29, 0.717) is 5.69 Å². The quantitative estimate of drug-likeness (QED) is 0.305. The number of thioether (sulfide) groups is 1. The molecule has 1 saturated heterocycles. The number of imide groups is 1. The Kier molecular flexibility index (Phi) is 6.71. The smallest absolute Gasteiger partial charge is 0.335 e. The van der Waals surface area contributed by atoms with Crippen LogP contribution in [0.2, 0.25) is 0 Å². The van der Waals surface area contributed by atoms with Crippen LogP contribution in [0.25, 0.3) is 0 Å². The van der Waals surface area contributed by atoms with E-state index in [2.05, 4.69) is 10.2 Å². The summed E-state index contributed by atoms with van der Waals surface area (Å²) in [6.45, 7) is 0. The number of nitrogens with zero attached hydrogens (tertiary/aromatic N) is 4. The van der Waals surface area contributed by atoms with Crippen LogP contribution in [0.4, 0.5) is 11.4 Å². The van der Waals surface area contributed by atoms with Gasteiger partial charge < -0.3 is 15.7 Å². The van der Waals surface area contributed by atoms with Crippen molar-refractivity contribution in [1.82, 2.24) is 0 Å². The predicted octanol–water partition coefficient (Wildman–Crippen LogP) is 2.16. The first-order chi connectivity index (χ1) is 14.8. The lowest BCUT2D eigenvalue weighted by atomic mass is 10.2. The molecule has 1 aliphatic rings. The average molecular weight is 439 g/mol. The van der Waals surface area contributed by atoms with Gasteiger partial charge in [0.05, 0.1) is 17.5 Å². The highest BCUT2D eigenvalue weighted by molar-refractivity contribution is 8.14. The largest absolute Gasteiger partial charge is 0.478 e. The van der Waals surface area contributed by atoms with Gasteiger partial charge in [0.2, 0.25) is 11.8 Å². The molecule has 160 valence electrons. The fourth-order valence-corrected chi connectivity index (χ4v) is 3.72. The van der Waals surface area contributed by atoms with Gasteiger partial charge >= 0.3 is 5.97 Å². The molecular formula is C21H21N5O4S. The monoisotopic (exact) mass is 439 g/mol. The lowest BCUT2D eigenvalue weighted by Crippen LogP contribution is -2.31. The number of amides is 2. The Balaban J connectivity index is 1.63. The van der Waals surface area contributed by atoms with Crippen LogP contribution in [-0.2, 0) is 9.59 Å². The maximum absolute atomic E-state index is 12.7. The number of hydrogen-bond acceptors (Lipinski definition) is 7. The minimum Gasteiger partial charge on any atom is -0.478 e. The number of carboxylic acids is 1. The van der Waals surface area contributed by atoms with E-state index in [0.717, 1.165) is 27.9 Å². The van der Waals surface area contributed by atoms with Gasteiger partial charge in [0.1, 0.15) is 5.25 Å². The second-order valence-corrected chi connectivity index (χ2v) is 8.12. The third kappa shape index (κ3) is 5.28. The van der Waals surface area contributed by atoms with E-state index in [4.69, 9.17) is 10.8 Å². The Morgan fingerprint density at radius 2 is 1.81 bits per heavy atom. The highest BCUT2D eigenvalue weighted by atomic mass is 32.2. The number of aromatic carboxylic acids is 1. The molecule has 0 radical (unpaired) electrons. The van der Waals surface area contributed by atoms with Crippen LogP contribution in [0.3, 0.4) is 0 Å². The Morgan fingerprint density at radius 1 is 1.16 bits per heavy atom. The molecule has 1 heterocycles. The molecule has 0 aliphatic carbocycles. The van der Waals surface area contributed by atoms with Crippen LogP contribution < -0.4 is 15.5 Å². The van der Waals surface area contributed by atoms with Crippen molar-refractivity contribution >= 4 is 52.3 Å². The third-order valence-electron chi connectivity index (χ3n) is 4.51. The van der Waals surface area contributed by atoms with Crippen LogP contribution in [-0.4, -0.2) is 53.6 Å². The van der Waals surface area contributed by atoms with E-state index in [1.807, 2.05) is 43.3 Å². The van der Waals surface area contributed by atoms with E-state index >= 15 is 0 Å². The van der Waals surface area contributed by atoms with Gasteiger partial charge in [0, 0.05) is 26.2 Å². The van der Waals surface area contributed by atoms with Gasteiger partial charge in [0.25, 0.3) is 0 Å². The highest BCUT2D eigenvalue weighted by Gasteiger charge is 2.40. The van der Waals surface area contributed by atoms with Gasteiger partial charge in [-0.2, -0.15) is 5.10 Å². The number of amidine groups is 1. The summed E-state index contributed by atoms with van der Waals surface area (Å²) in [6.07, 6.45) is 1.51. The lowest BCUT2D eigenvalue weighted by molar-refractivity contribution is -0.121. The Labute approximate surface area is 183 Å². The standard InChI is InChI=1S/C21H21N5O4S/c1-25(2)15-7-3-13(4-8-15)12-23-24-21(22)31-17-11-18(27)26(19(17)28)16-9-5-14(6-10-16)20(29)30/h3-10,12,17H,11H2,1-2H3,(H2,22,24)(H,29,30)/b23-12-/t17-/m1/s1. The van der Waals surface area contributed by atoms with Crippen molar-refractivity contribution in [2.45, 2.75) is 11.7 Å². The molecule has 9 nitrogen and oxygen atoms in total. The third-order valence-corrected chi connectivity index (χ3v) is 5.49. The zero-order chi connectivity index (χ0) is 22.5. The molecule has 10 heteroatoms. The number of anilines is 2.